The minimum Gasteiger partial charge on any atom is -0.475 e. The Morgan fingerprint density at radius 2 is 2.31 bits per heavy atom. The van der Waals surface area contributed by atoms with Crippen molar-refractivity contribution in [2.75, 3.05) is 0 Å². The van der Waals surface area contributed by atoms with Crippen molar-refractivity contribution >= 4 is 5.97 Å². The van der Waals surface area contributed by atoms with E-state index in [-0.39, 0.29) is 5.89 Å². The molecule has 0 aliphatic heterocycles. The minimum atomic E-state index is -1.30. The second kappa shape index (κ2) is 3.50. The van der Waals surface area contributed by atoms with E-state index in [1.807, 2.05) is 0 Å². The highest BCUT2D eigenvalue weighted by Crippen LogP contribution is 2.11. The number of aliphatic hydroxyl groups excluding tert-OH is 1. The summed E-state index contributed by atoms with van der Waals surface area (Å²) in [4.78, 5) is 13.8. The van der Waals surface area contributed by atoms with Crippen molar-refractivity contribution in [1.82, 2.24) is 10.1 Å². The third-order valence-electron chi connectivity index (χ3n) is 1.44. The molecule has 0 aromatic carbocycles. The Hall–Kier alpha value is -1.47. The molecule has 0 amide bonds. The van der Waals surface area contributed by atoms with Gasteiger partial charge in [0.2, 0.25) is 5.89 Å². The molecule has 1 aromatic heterocycles. The smallest absolute Gasteiger partial charge is 0.377 e. The van der Waals surface area contributed by atoms with Crippen LogP contribution in [0.1, 0.15) is 29.5 Å². The summed E-state index contributed by atoms with van der Waals surface area (Å²) in [7, 11) is 0. The van der Waals surface area contributed by atoms with Gasteiger partial charge in [-0.05, 0) is 12.1 Å². The van der Waals surface area contributed by atoms with Crippen LogP contribution in [0.2, 0.25) is 0 Å². The fraction of sp³-hybridized carbons (Fsp3) is 0.500. The fourth-order valence-electron chi connectivity index (χ4n) is 0.664. The van der Waals surface area contributed by atoms with Gasteiger partial charge in [-0.3, -0.25) is 0 Å². The van der Waals surface area contributed by atoms with E-state index in [0.29, 0.717) is 0 Å². The molecule has 7 nitrogen and oxygen atoms in total. The fourth-order valence-corrected chi connectivity index (χ4v) is 0.664. The number of hydrogen-bond donors (Lipinski definition) is 3. The standard InChI is InChI=1S/C6H9N3O4/c1-2(10)3(7)5-8-4(6(11)12)9-13-5/h2-3,10H,7H2,1H3,(H,11,12)/t2-,3+/m1/s1. The third-order valence-corrected chi connectivity index (χ3v) is 1.44. The van der Waals surface area contributed by atoms with Crippen LogP contribution in [0, 0.1) is 0 Å². The molecule has 4 N–H and O–H groups in total. The maximum absolute atomic E-state index is 10.3. The van der Waals surface area contributed by atoms with Crippen LogP contribution in [0.5, 0.6) is 0 Å². The first-order chi connectivity index (χ1) is 6.02. The topological polar surface area (TPSA) is 122 Å². The lowest BCUT2D eigenvalue weighted by Gasteiger charge is -2.07. The molecule has 1 heterocycles. The average molecular weight is 187 g/mol. The molecule has 1 rings (SSSR count). The largest absolute Gasteiger partial charge is 0.475 e. The molecule has 0 saturated heterocycles. The molecule has 0 bridgehead atoms. The molecule has 1 aromatic rings. The molecule has 0 unspecified atom stereocenters. The third kappa shape index (κ3) is 2.01. The van der Waals surface area contributed by atoms with Crippen LogP contribution in [0.15, 0.2) is 4.52 Å². The zero-order valence-electron chi connectivity index (χ0n) is 6.84. The number of carboxylic acid groups (broad SMARTS) is 1. The number of aliphatic hydroxyl groups is 1. The van der Waals surface area contributed by atoms with Crippen molar-refractivity contribution in [2.24, 2.45) is 5.73 Å². The van der Waals surface area contributed by atoms with Gasteiger partial charge in [0.25, 0.3) is 5.82 Å². The Bertz CT molecular complexity index is 309. The van der Waals surface area contributed by atoms with Gasteiger partial charge < -0.3 is 20.5 Å². The van der Waals surface area contributed by atoms with E-state index in [0.717, 1.165) is 0 Å². The minimum absolute atomic E-state index is 0.0904. The lowest BCUT2D eigenvalue weighted by atomic mass is 10.2. The number of nitrogens with two attached hydrogens (primary N) is 1. The molecule has 0 fully saturated rings. The van der Waals surface area contributed by atoms with E-state index in [1.165, 1.54) is 6.92 Å². The zero-order valence-corrected chi connectivity index (χ0v) is 6.84. The normalized spacial score (nSPS) is 15.3. The highest BCUT2D eigenvalue weighted by atomic mass is 16.5. The molecule has 2 atom stereocenters. The molecule has 7 heteroatoms. The summed E-state index contributed by atoms with van der Waals surface area (Å²) in [5.41, 5.74) is 5.41. The van der Waals surface area contributed by atoms with Gasteiger partial charge in [0.05, 0.1) is 6.10 Å². The van der Waals surface area contributed by atoms with Gasteiger partial charge in [0, 0.05) is 0 Å². The highest BCUT2D eigenvalue weighted by Gasteiger charge is 2.21. The number of nitrogens with zero attached hydrogens (tertiary/aromatic N) is 2. The predicted molar refractivity (Wildman–Crippen MR) is 39.9 cm³/mol. The van der Waals surface area contributed by atoms with Gasteiger partial charge in [-0.2, -0.15) is 4.98 Å². The second-order valence-corrected chi connectivity index (χ2v) is 2.53. The van der Waals surface area contributed by atoms with Crippen LogP contribution in [0.3, 0.4) is 0 Å². The van der Waals surface area contributed by atoms with Crippen LogP contribution in [-0.4, -0.2) is 32.4 Å². The van der Waals surface area contributed by atoms with Gasteiger partial charge in [-0.25, -0.2) is 4.79 Å². The molecular weight excluding hydrogens is 178 g/mol. The summed E-state index contributed by atoms with van der Waals surface area (Å²) in [6.45, 7) is 1.44. The van der Waals surface area contributed by atoms with Crippen molar-refractivity contribution in [2.45, 2.75) is 19.1 Å². The Kier molecular flexibility index (Phi) is 2.59. The van der Waals surface area contributed by atoms with E-state index in [4.69, 9.17) is 15.9 Å². The summed E-state index contributed by atoms with van der Waals surface area (Å²) >= 11 is 0. The summed E-state index contributed by atoms with van der Waals surface area (Å²) in [5, 5.41) is 20.6. The maximum Gasteiger partial charge on any atom is 0.377 e. The maximum atomic E-state index is 10.3. The molecule has 72 valence electrons. The number of rotatable bonds is 3. The first kappa shape index (κ1) is 9.62. The molecular formula is C6H9N3O4. The van der Waals surface area contributed by atoms with E-state index in [9.17, 15) is 4.79 Å². The predicted octanol–water partition coefficient (Wildman–Crippen LogP) is -0.852. The Balaban J connectivity index is 2.85. The van der Waals surface area contributed by atoms with Gasteiger partial charge in [-0.1, -0.05) is 0 Å². The molecule has 0 aliphatic rings. The number of aromatic nitrogens is 2. The van der Waals surface area contributed by atoms with Crippen molar-refractivity contribution in [1.29, 1.82) is 0 Å². The molecule has 0 saturated carbocycles. The lowest BCUT2D eigenvalue weighted by molar-refractivity contribution is 0.0680. The Morgan fingerprint density at radius 1 is 1.69 bits per heavy atom. The van der Waals surface area contributed by atoms with Gasteiger partial charge in [0.1, 0.15) is 6.04 Å². The van der Waals surface area contributed by atoms with Crippen molar-refractivity contribution in [3.8, 4) is 0 Å². The summed E-state index contributed by atoms with van der Waals surface area (Å²) in [6, 6.07) is -0.861. The molecule has 0 aliphatic carbocycles. The van der Waals surface area contributed by atoms with Crippen molar-refractivity contribution in [3.05, 3.63) is 11.7 Å². The first-order valence-electron chi connectivity index (χ1n) is 3.53. The van der Waals surface area contributed by atoms with Crippen LogP contribution >= 0.6 is 0 Å². The Labute approximate surface area is 73.2 Å². The van der Waals surface area contributed by atoms with Gasteiger partial charge >= 0.3 is 5.97 Å². The zero-order chi connectivity index (χ0) is 10.0. The summed E-state index contributed by atoms with van der Waals surface area (Å²) < 4.78 is 4.52. The number of aromatic carboxylic acids is 1. The van der Waals surface area contributed by atoms with Crippen molar-refractivity contribution in [3.63, 3.8) is 0 Å². The van der Waals surface area contributed by atoms with Gasteiger partial charge in [0.15, 0.2) is 0 Å². The van der Waals surface area contributed by atoms with Gasteiger partial charge in [-0.15, -0.1) is 0 Å². The SMILES string of the molecule is C[C@@H](O)[C@H](N)c1nc(C(=O)O)no1. The second-order valence-electron chi connectivity index (χ2n) is 2.53. The lowest BCUT2D eigenvalue weighted by Crippen LogP contribution is -2.23. The number of carbonyl (C=O) groups is 1. The quantitative estimate of drug-likeness (QED) is 0.563. The average Bonchev–Trinajstić information content (AvgIpc) is 2.50. The van der Waals surface area contributed by atoms with Crippen LogP contribution in [0.4, 0.5) is 0 Å². The molecule has 13 heavy (non-hydrogen) atoms. The first-order valence-corrected chi connectivity index (χ1v) is 3.53. The number of hydrogen-bond acceptors (Lipinski definition) is 6. The van der Waals surface area contributed by atoms with E-state index >= 15 is 0 Å². The van der Waals surface area contributed by atoms with Crippen molar-refractivity contribution < 1.29 is 19.5 Å². The van der Waals surface area contributed by atoms with E-state index in [2.05, 4.69) is 14.7 Å². The summed E-state index contributed by atoms with van der Waals surface area (Å²) in [5.74, 6) is -1.86. The monoisotopic (exact) mass is 187 g/mol. The van der Waals surface area contributed by atoms with Crippen LogP contribution in [0.25, 0.3) is 0 Å². The molecule has 0 spiro atoms. The molecule has 0 radical (unpaired) electrons. The van der Waals surface area contributed by atoms with E-state index < -0.39 is 23.9 Å². The van der Waals surface area contributed by atoms with Crippen LogP contribution < -0.4 is 5.73 Å². The Morgan fingerprint density at radius 3 is 2.69 bits per heavy atom. The van der Waals surface area contributed by atoms with E-state index in [1.54, 1.807) is 0 Å². The number of carboxylic acids is 1. The summed E-state index contributed by atoms with van der Waals surface area (Å²) in [6.07, 6.45) is -0.873. The highest BCUT2D eigenvalue weighted by molar-refractivity contribution is 5.82. The van der Waals surface area contributed by atoms with Crippen LogP contribution in [-0.2, 0) is 0 Å².